The van der Waals surface area contributed by atoms with E-state index in [1.165, 1.54) is 0 Å². The largest absolute Gasteiger partial charge is 0.436 e. The second-order valence-electron chi connectivity index (χ2n) is 19.5. The molecule has 2 rings (SSSR count). The normalized spacial score (nSPS) is 20.4. The fourth-order valence-electron chi connectivity index (χ4n) is 7.93. The van der Waals surface area contributed by atoms with Gasteiger partial charge < -0.3 is 48.7 Å². The molecule has 0 radical (unpaired) electrons. The predicted octanol–water partition coefficient (Wildman–Crippen LogP) is 11.4. The second-order valence-corrected chi connectivity index (χ2v) is 49.2. The van der Waals surface area contributed by atoms with E-state index in [1.54, 1.807) is 7.11 Å². The number of hydrogen-bond acceptors (Lipinski definition) is 11. The molecule has 0 aliphatic carbocycles. The molecule has 1 fully saturated rings. The highest BCUT2D eigenvalue weighted by Crippen LogP contribution is 2.37. The first-order chi connectivity index (χ1) is 31.4. The van der Waals surface area contributed by atoms with Crippen molar-refractivity contribution in [1.82, 2.24) is 0 Å². The third kappa shape index (κ3) is 25.6. The van der Waals surface area contributed by atoms with Gasteiger partial charge in [0.05, 0.1) is 26.4 Å². The standard InChI is InChI=1S/C41H79F9O11Si7/c1-35(36-19-13-12-14-20-36)33-67(10,59-64(6,7)25-15-21-53-31-38(43)40(45,46)47)60-65(8,27-17-22-52-29-37-30-56-37)57-62(3)68(11,51-2)61-66(9,58-63(4,5)26-16-24-55-34-42)28-18-23-54-32-39(44)41(48,49)50/h12-14,19-20,35,37-39,62H,15-18,21-34H2,1-11H3. The van der Waals surface area contributed by atoms with Gasteiger partial charge in [0.1, 0.15) is 6.10 Å². The lowest BCUT2D eigenvalue weighted by atomic mass is 10.0. The molecular weight excluding hydrogens is 1040 g/mol. The van der Waals surface area contributed by atoms with Gasteiger partial charge in [0.25, 0.3) is 0 Å². The van der Waals surface area contributed by atoms with Gasteiger partial charge >= 0.3 is 46.1 Å². The minimum atomic E-state index is -5.03. The van der Waals surface area contributed by atoms with Gasteiger partial charge in [-0.15, -0.1) is 0 Å². The summed E-state index contributed by atoms with van der Waals surface area (Å²) in [5.74, 6) is 0.00902. The third-order valence-electron chi connectivity index (χ3n) is 11.4. The molecule has 68 heavy (non-hydrogen) atoms. The Morgan fingerprint density at radius 1 is 0.647 bits per heavy atom. The van der Waals surface area contributed by atoms with E-state index in [1.807, 2.05) is 89.3 Å². The van der Waals surface area contributed by atoms with Crippen molar-refractivity contribution in [3.8, 4) is 0 Å². The summed E-state index contributed by atoms with van der Waals surface area (Å²) in [5, 5.41) is 0. The number of rotatable bonds is 38. The lowest BCUT2D eigenvalue weighted by Crippen LogP contribution is -2.66. The van der Waals surface area contributed by atoms with Crippen LogP contribution in [0.5, 0.6) is 0 Å². The minimum absolute atomic E-state index is 0.00902. The van der Waals surface area contributed by atoms with E-state index in [9.17, 15) is 39.5 Å². The molecule has 0 saturated carbocycles. The molecule has 1 aromatic carbocycles. The van der Waals surface area contributed by atoms with Crippen molar-refractivity contribution >= 4 is 59.0 Å². The van der Waals surface area contributed by atoms with Crippen molar-refractivity contribution in [3.05, 3.63) is 35.9 Å². The summed E-state index contributed by atoms with van der Waals surface area (Å²) >= 11 is 0. The lowest BCUT2D eigenvalue weighted by molar-refractivity contribution is -0.194. The van der Waals surface area contributed by atoms with Crippen LogP contribution >= 0.6 is 0 Å². The maximum Gasteiger partial charge on any atom is 0.421 e. The molecule has 9 atom stereocenters. The van der Waals surface area contributed by atoms with Gasteiger partial charge in [0.2, 0.25) is 20.9 Å². The van der Waals surface area contributed by atoms with Gasteiger partial charge in [0, 0.05) is 33.5 Å². The summed E-state index contributed by atoms with van der Waals surface area (Å²) in [7, 11) is -19.3. The van der Waals surface area contributed by atoms with Gasteiger partial charge in [-0.25, -0.2) is 13.2 Å². The van der Waals surface area contributed by atoms with Crippen LogP contribution in [0.3, 0.4) is 0 Å². The SMILES string of the molecule is CO[Si](C)(O[Si](C)(CCCOCC(F)C(F)(F)F)O[Si](C)(C)CCCOCF)[SiH](C)O[Si](C)(CCCOCC1CO1)O[Si](C)(CC(C)c1ccccc1)O[Si](C)(C)CCCOCC(F)C(F)(F)F. The first kappa shape index (κ1) is 63.8. The number of alkyl halides is 9. The highest BCUT2D eigenvalue weighted by Gasteiger charge is 2.54. The molecule has 1 aliphatic rings. The second kappa shape index (κ2) is 28.9. The van der Waals surface area contributed by atoms with Gasteiger partial charge in [-0.1, -0.05) is 37.3 Å². The van der Waals surface area contributed by atoms with Crippen LogP contribution in [0.25, 0.3) is 0 Å². The summed E-state index contributed by atoms with van der Waals surface area (Å²) in [6.45, 7) is 18.5. The molecule has 1 aromatic rings. The molecule has 0 amide bonds. The maximum absolute atomic E-state index is 13.7. The molecule has 400 valence electrons. The number of hydrogen-bond donors (Lipinski definition) is 0. The van der Waals surface area contributed by atoms with Crippen LogP contribution in [0.4, 0.5) is 39.5 Å². The maximum atomic E-state index is 13.7. The summed E-state index contributed by atoms with van der Waals surface area (Å²) in [4.78, 5) is 0. The molecule has 9 unspecified atom stereocenters. The van der Waals surface area contributed by atoms with E-state index in [2.05, 4.69) is 6.92 Å². The highest BCUT2D eigenvalue weighted by atomic mass is 29.3. The number of halogens is 9. The Morgan fingerprint density at radius 3 is 1.57 bits per heavy atom. The Kier molecular flexibility index (Phi) is 27.1. The molecule has 27 heteroatoms. The average Bonchev–Trinajstić information content (AvgIpc) is 4.05. The zero-order valence-electron chi connectivity index (χ0n) is 41.9. The van der Waals surface area contributed by atoms with E-state index in [0.29, 0.717) is 69.3 Å². The van der Waals surface area contributed by atoms with E-state index >= 15 is 0 Å². The van der Waals surface area contributed by atoms with E-state index in [0.717, 1.165) is 5.56 Å². The Morgan fingerprint density at radius 2 is 1.10 bits per heavy atom. The highest BCUT2D eigenvalue weighted by molar-refractivity contribution is 7.26. The van der Waals surface area contributed by atoms with Crippen molar-refractivity contribution in [3.63, 3.8) is 0 Å². The molecule has 1 aliphatic heterocycles. The molecule has 0 aromatic heterocycles. The Balaban J connectivity index is 2.47. The van der Waals surface area contributed by atoms with Crippen LogP contribution < -0.4 is 0 Å². The van der Waals surface area contributed by atoms with Crippen LogP contribution in [0.1, 0.15) is 44.1 Å². The van der Waals surface area contributed by atoms with E-state index in [4.69, 9.17) is 48.7 Å². The van der Waals surface area contributed by atoms with Crippen LogP contribution in [0, 0.1) is 0 Å². The Hall–Kier alpha value is -0.332. The summed E-state index contributed by atoms with van der Waals surface area (Å²) in [6, 6.07) is 12.5. The summed E-state index contributed by atoms with van der Waals surface area (Å²) in [6.07, 6.45) is -14.4. The predicted molar refractivity (Wildman–Crippen MR) is 260 cm³/mol. The minimum Gasteiger partial charge on any atom is -0.436 e. The number of benzene rings is 1. The fourth-order valence-corrected chi connectivity index (χ4v) is 48.2. The van der Waals surface area contributed by atoms with Crippen molar-refractivity contribution < 1.29 is 88.2 Å². The molecule has 0 spiro atoms. The summed E-state index contributed by atoms with van der Waals surface area (Å²) in [5.41, 5.74) is 1.09. The first-order valence-corrected chi connectivity index (χ1v) is 42.9. The van der Waals surface area contributed by atoms with Crippen LogP contribution in [0.15, 0.2) is 30.3 Å². The van der Waals surface area contributed by atoms with Gasteiger partial charge in [0.15, 0.2) is 23.5 Å². The summed E-state index contributed by atoms with van der Waals surface area (Å²) < 4.78 is 186. The quantitative estimate of drug-likeness (QED) is 0.0274. The van der Waals surface area contributed by atoms with E-state index < -0.39 is 104 Å². The van der Waals surface area contributed by atoms with Crippen LogP contribution in [-0.4, -0.2) is 157 Å². The molecule has 11 nitrogen and oxygen atoms in total. The zero-order chi connectivity index (χ0) is 51.5. The zero-order valence-corrected chi connectivity index (χ0v) is 49.0. The molecule has 0 bridgehead atoms. The Bertz CT molecular complexity index is 1550. The first-order valence-electron chi connectivity index (χ1n) is 23.4. The molecule has 1 saturated heterocycles. The van der Waals surface area contributed by atoms with Crippen molar-refractivity contribution in [2.45, 2.75) is 158 Å². The number of epoxide rings is 1. The lowest BCUT2D eigenvalue weighted by Gasteiger charge is -2.46. The van der Waals surface area contributed by atoms with Crippen LogP contribution in [-0.2, 0) is 48.7 Å². The molecular formula is C41H79F9O11Si7. The average molecular weight is 1120 g/mol. The van der Waals surface area contributed by atoms with Gasteiger partial charge in [-0.2, -0.15) is 26.3 Å². The van der Waals surface area contributed by atoms with Gasteiger partial charge in [-0.05, 0) is 126 Å². The topological polar surface area (TPSA) is 105 Å². The fraction of sp³-hybridized carbons (Fsp3) is 0.854. The number of ether oxygens (including phenoxy) is 5. The van der Waals surface area contributed by atoms with Crippen molar-refractivity contribution in [2.24, 2.45) is 0 Å². The Labute approximate surface area is 406 Å². The smallest absolute Gasteiger partial charge is 0.421 e. The monoisotopic (exact) mass is 1110 g/mol. The van der Waals surface area contributed by atoms with Crippen molar-refractivity contribution in [2.75, 3.05) is 66.8 Å². The third-order valence-corrected chi connectivity index (χ3v) is 46.1. The van der Waals surface area contributed by atoms with Crippen LogP contribution in [0.2, 0.25) is 89.1 Å². The molecule has 0 N–H and O–H groups in total. The molecule has 1 heterocycles. The van der Waals surface area contributed by atoms with E-state index in [-0.39, 0.29) is 38.3 Å². The van der Waals surface area contributed by atoms with Gasteiger partial charge in [-0.3, -0.25) is 0 Å². The van der Waals surface area contributed by atoms with Crippen molar-refractivity contribution in [1.29, 1.82) is 0 Å².